The van der Waals surface area contributed by atoms with E-state index in [4.69, 9.17) is 4.74 Å². The van der Waals surface area contributed by atoms with E-state index < -0.39 is 11.6 Å². The molecule has 0 aliphatic heterocycles. The van der Waals surface area contributed by atoms with Crippen LogP contribution in [0.25, 0.3) is 0 Å². The molecule has 0 radical (unpaired) electrons. The zero-order valence-electron chi connectivity index (χ0n) is 10.5. The van der Waals surface area contributed by atoms with Gasteiger partial charge in [0, 0.05) is 11.0 Å². The van der Waals surface area contributed by atoms with Crippen molar-refractivity contribution < 1.29 is 9.53 Å². The molecule has 0 aromatic rings. The van der Waals surface area contributed by atoms with E-state index in [1.807, 2.05) is 20.8 Å². The Balaban J connectivity index is 4.62. The van der Waals surface area contributed by atoms with Crippen LogP contribution in [0.2, 0.25) is 0 Å². The summed E-state index contributed by atoms with van der Waals surface area (Å²) in [5.74, 6) is 5.60. The van der Waals surface area contributed by atoms with E-state index >= 15 is 0 Å². The van der Waals surface area contributed by atoms with Gasteiger partial charge in [0.2, 0.25) is 0 Å². The van der Waals surface area contributed by atoms with Crippen LogP contribution < -0.4 is 0 Å². The molecule has 0 aromatic carbocycles. The molecule has 0 N–H and O–H groups in total. The van der Waals surface area contributed by atoms with Gasteiger partial charge < -0.3 is 4.74 Å². The second-order valence-corrected chi connectivity index (χ2v) is 5.18. The summed E-state index contributed by atoms with van der Waals surface area (Å²) in [6, 6.07) is 0. The van der Waals surface area contributed by atoms with Crippen LogP contribution in [0.4, 0.5) is 0 Å². The van der Waals surface area contributed by atoms with E-state index in [-0.39, 0.29) is 5.41 Å². The van der Waals surface area contributed by atoms with Crippen molar-refractivity contribution in [2.24, 2.45) is 5.41 Å². The van der Waals surface area contributed by atoms with Crippen LogP contribution in [0.15, 0.2) is 12.2 Å². The second-order valence-electron chi connectivity index (χ2n) is 5.18. The molecule has 0 saturated carbocycles. The molecule has 0 aliphatic carbocycles. The van der Waals surface area contributed by atoms with Gasteiger partial charge in [-0.15, -0.1) is 0 Å². The molecular formula is C13H20O2. The van der Waals surface area contributed by atoms with Crippen LogP contribution in [0, 0.1) is 17.3 Å². The van der Waals surface area contributed by atoms with Crippen LogP contribution in [0.3, 0.4) is 0 Å². The Morgan fingerprint density at radius 1 is 1.13 bits per heavy atom. The van der Waals surface area contributed by atoms with Crippen molar-refractivity contribution in [3.8, 4) is 11.8 Å². The van der Waals surface area contributed by atoms with Crippen LogP contribution in [-0.4, -0.2) is 11.6 Å². The monoisotopic (exact) mass is 208 g/mol. The van der Waals surface area contributed by atoms with E-state index in [9.17, 15) is 4.79 Å². The number of carbonyl (C=O) groups is 1. The number of rotatable bonds is 2. The molecule has 0 atom stereocenters. The highest BCUT2D eigenvalue weighted by Gasteiger charge is 2.20. The average molecular weight is 208 g/mol. The first-order valence-electron chi connectivity index (χ1n) is 4.97. The summed E-state index contributed by atoms with van der Waals surface area (Å²) >= 11 is 0. The summed E-state index contributed by atoms with van der Waals surface area (Å²) in [7, 11) is 0. The molecule has 2 heteroatoms. The lowest BCUT2D eigenvalue weighted by atomic mass is 9.96. The first-order valence-corrected chi connectivity index (χ1v) is 4.97. The van der Waals surface area contributed by atoms with Crippen LogP contribution >= 0.6 is 0 Å². The molecular weight excluding hydrogens is 188 g/mol. The molecule has 0 aliphatic rings. The lowest BCUT2D eigenvalue weighted by molar-refractivity contribution is -0.146. The summed E-state index contributed by atoms with van der Waals surface area (Å²) in [5, 5.41) is 0. The van der Waals surface area contributed by atoms with E-state index in [1.165, 1.54) is 0 Å². The number of hydrogen-bond acceptors (Lipinski definition) is 2. The molecule has 0 saturated heterocycles. The predicted molar refractivity (Wildman–Crippen MR) is 62.2 cm³/mol. The SMILES string of the molecule is C=C(C)C(=O)OC(C)(C)C#CC(C)(C)C. The maximum absolute atomic E-state index is 11.3. The van der Waals surface area contributed by atoms with Gasteiger partial charge in [0.25, 0.3) is 0 Å². The molecule has 0 aromatic heterocycles. The fourth-order valence-corrected chi connectivity index (χ4v) is 0.682. The summed E-state index contributed by atoms with van der Waals surface area (Å²) in [6.07, 6.45) is 0. The van der Waals surface area contributed by atoms with Crippen molar-refractivity contribution in [1.82, 2.24) is 0 Å². The van der Waals surface area contributed by atoms with Crippen molar-refractivity contribution in [2.75, 3.05) is 0 Å². The highest BCUT2D eigenvalue weighted by molar-refractivity contribution is 5.87. The number of carbonyl (C=O) groups excluding carboxylic acids is 1. The fraction of sp³-hybridized carbons (Fsp3) is 0.615. The van der Waals surface area contributed by atoms with Gasteiger partial charge >= 0.3 is 5.97 Å². The Kier molecular flexibility index (Phi) is 4.16. The highest BCUT2D eigenvalue weighted by Crippen LogP contribution is 2.14. The standard InChI is InChI=1S/C13H20O2/c1-10(2)11(14)15-13(6,7)9-8-12(3,4)5/h1H2,2-7H3. The molecule has 2 nitrogen and oxygen atoms in total. The molecule has 0 bridgehead atoms. The van der Waals surface area contributed by atoms with Crippen molar-refractivity contribution in [1.29, 1.82) is 0 Å². The highest BCUT2D eigenvalue weighted by atomic mass is 16.6. The molecule has 0 amide bonds. The van der Waals surface area contributed by atoms with E-state index in [2.05, 4.69) is 18.4 Å². The number of hydrogen-bond donors (Lipinski definition) is 0. The van der Waals surface area contributed by atoms with Crippen molar-refractivity contribution in [3.05, 3.63) is 12.2 Å². The van der Waals surface area contributed by atoms with Gasteiger partial charge in [0.05, 0.1) is 0 Å². The lowest BCUT2D eigenvalue weighted by Crippen LogP contribution is -2.27. The normalized spacial score (nSPS) is 11.3. The van der Waals surface area contributed by atoms with Gasteiger partial charge in [0.15, 0.2) is 5.60 Å². The van der Waals surface area contributed by atoms with E-state index in [0.717, 1.165) is 0 Å². The van der Waals surface area contributed by atoms with Crippen LogP contribution in [-0.2, 0) is 9.53 Å². The van der Waals surface area contributed by atoms with Gasteiger partial charge in [-0.2, -0.15) is 0 Å². The van der Waals surface area contributed by atoms with E-state index in [1.54, 1.807) is 20.8 Å². The topological polar surface area (TPSA) is 26.3 Å². The molecule has 0 heterocycles. The van der Waals surface area contributed by atoms with E-state index in [0.29, 0.717) is 5.57 Å². The van der Waals surface area contributed by atoms with Crippen molar-refractivity contribution in [3.63, 3.8) is 0 Å². The number of esters is 1. The minimum Gasteiger partial charge on any atom is -0.443 e. The maximum Gasteiger partial charge on any atom is 0.334 e. The smallest absolute Gasteiger partial charge is 0.334 e. The Morgan fingerprint density at radius 2 is 1.60 bits per heavy atom. The Morgan fingerprint density at radius 3 is 1.93 bits per heavy atom. The summed E-state index contributed by atoms with van der Waals surface area (Å²) in [5.41, 5.74) is -0.462. The third kappa shape index (κ3) is 6.79. The molecule has 0 spiro atoms. The number of ether oxygens (including phenoxy) is 1. The Bertz CT molecular complexity index is 319. The van der Waals surface area contributed by atoms with Gasteiger partial charge in [0.1, 0.15) is 0 Å². The summed E-state index contributed by atoms with van der Waals surface area (Å²) in [6.45, 7) is 14.7. The third-order valence-electron chi connectivity index (χ3n) is 1.43. The largest absolute Gasteiger partial charge is 0.443 e. The Hall–Kier alpha value is -1.23. The van der Waals surface area contributed by atoms with Crippen molar-refractivity contribution in [2.45, 2.75) is 47.1 Å². The zero-order chi connectivity index (χ0) is 12.3. The minimum absolute atomic E-state index is 0.0904. The summed E-state index contributed by atoms with van der Waals surface area (Å²) < 4.78 is 5.18. The summed E-state index contributed by atoms with van der Waals surface area (Å²) in [4.78, 5) is 11.3. The first kappa shape index (κ1) is 13.8. The predicted octanol–water partition coefficient (Wildman–Crippen LogP) is 2.93. The Labute approximate surface area is 92.7 Å². The third-order valence-corrected chi connectivity index (χ3v) is 1.43. The van der Waals surface area contributed by atoms with Gasteiger partial charge in [-0.3, -0.25) is 0 Å². The van der Waals surface area contributed by atoms with Gasteiger partial charge in [-0.05, 0) is 41.5 Å². The van der Waals surface area contributed by atoms with Crippen molar-refractivity contribution >= 4 is 5.97 Å². The zero-order valence-corrected chi connectivity index (χ0v) is 10.5. The molecule has 15 heavy (non-hydrogen) atoms. The quantitative estimate of drug-likeness (QED) is 0.396. The van der Waals surface area contributed by atoms with Crippen LogP contribution in [0.1, 0.15) is 41.5 Å². The average Bonchev–Trinajstić information content (AvgIpc) is 1.99. The van der Waals surface area contributed by atoms with Gasteiger partial charge in [-0.25, -0.2) is 4.79 Å². The maximum atomic E-state index is 11.3. The molecule has 0 unspecified atom stereocenters. The second kappa shape index (κ2) is 4.53. The molecule has 0 fully saturated rings. The minimum atomic E-state index is -0.761. The molecule has 84 valence electrons. The first-order chi connectivity index (χ1) is 6.53. The lowest BCUT2D eigenvalue weighted by Gasteiger charge is -2.20. The molecule has 0 rings (SSSR count). The van der Waals surface area contributed by atoms with Crippen LogP contribution in [0.5, 0.6) is 0 Å². The van der Waals surface area contributed by atoms with Gasteiger partial charge in [-0.1, -0.05) is 18.4 Å². The fourth-order valence-electron chi connectivity index (χ4n) is 0.682.